The fraction of sp³-hybridized carbons (Fsp3) is 0.600. The maximum atomic E-state index is 12.3. The van der Waals surface area contributed by atoms with E-state index < -0.39 is 34.6 Å². The van der Waals surface area contributed by atoms with Gasteiger partial charge in [-0.2, -0.15) is 4.31 Å². The van der Waals surface area contributed by atoms with Crippen LogP contribution in [0.1, 0.15) is 19.8 Å². The molecule has 2 atom stereocenters. The van der Waals surface area contributed by atoms with Crippen LogP contribution >= 0.6 is 15.6 Å². The molecule has 0 aromatic rings. The lowest BCUT2D eigenvalue weighted by atomic mass is 10.00. The Balaban J connectivity index is 4.81. The molecule has 11 heteroatoms. The molecule has 0 fully saturated rings. The van der Waals surface area contributed by atoms with Gasteiger partial charge < -0.3 is 14.7 Å². The van der Waals surface area contributed by atoms with Crippen molar-refractivity contribution in [2.24, 2.45) is 0 Å². The van der Waals surface area contributed by atoms with Crippen LogP contribution in [0.25, 0.3) is 0 Å². The number of rotatable bonds is 10. The Kier molecular flexibility index (Phi) is 8.13. The molecule has 0 aliphatic carbocycles. The van der Waals surface area contributed by atoms with Gasteiger partial charge in [-0.25, -0.2) is 17.9 Å². The van der Waals surface area contributed by atoms with Crippen LogP contribution in [0.15, 0.2) is 24.3 Å². The quantitative estimate of drug-likeness (QED) is 0.410. The van der Waals surface area contributed by atoms with Crippen LogP contribution in [0.5, 0.6) is 0 Å². The summed E-state index contributed by atoms with van der Waals surface area (Å²) in [6, 6.07) is 0. The van der Waals surface area contributed by atoms with Gasteiger partial charge in [0.15, 0.2) is 0 Å². The highest BCUT2D eigenvalue weighted by Gasteiger charge is 2.38. The average Bonchev–Trinajstić information content (AvgIpc) is 2.31. The number of allylic oxidation sites excluding steroid dienone is 2. The Morgan fingerprint density at radius 3 is 2.19 bits per heavy atom. The van der Waals surface area contributed by atoms with Crippen LogP contribution in [0.4, 0.5) is 8.78 Å². The van der Waals surface area contributed by atoms with Crippen LogP contribution in [0.3, 0.4) is 0 Å². The third-order valence-electron chi connectivity index (χ3n) is 2.38. The molecule has 0 radical (unpaired) electrons. The molecule has 0 aliphatic rings. The molecule has 124 valence electrons. The summed E-state index contributed by atoms with van der Waals surface area (Å²) in [5.74, 6) is 0. The van der Waals surface area contributed by atoms with Gasteiger partial charge in [-0.1, -0.05) is 12.2 Å². The predicted octanol–water partition coefficient (Wildman–Crippen LogP) is 2.80. The Morgan fingerprint density at radius 2 is 1.81 bits per heavy atom. The number of phosphoric ester groups is 1. The first kappa shape index (κ1) is 20.6. The standard InChI is InChI=1S/C10H18F2O7P2/c1-3-10(2,6-4-5-9(7-11)8-12)18-21(16,17)19-20(13,14)15/h3,5H,1,4,6-8H2,2H3,(H,16,17)(H2,13,14,15)/t10-/m0/s1. The van der Waals surface area contributed by atoms with E-state index in [1.807, 2.05) is 0 Å². The fourth-order valence-electron chi connectivity index (χ4n) is 1.31. The first-order valence-electron chi connectivity index (χ1n) is 5.71. The van der Waals surface area contributed by atoms with Gasteiger partial charge >= 0.3 is 15.6 Å². The van der Waals surface area contributed by atoms with Crippen LogP contribution in [-0.4, -0.2) is 33.6 Å². The minimum Gasteiger partial charge on any atom is -0.302 e. The van der Waals surface area contributed by atoms with E-state index in [-0.39, 0.29) is 18.4 Å². The minimum absolute atomic E-state index is 0.00489. The number of phosphoric acid groups is 2. The highest BCUT2D eigenvalue weighted by Crippen LogP contribution is 2.59. The maximum absolute atomic E-state index is 12.3. The number of halogens is 2. The summed E-state index contributed by atoms with van der Waals surface area (Å²) in [5, 5.41) is 0. The van der Waals surface area contributed by atoms with Crippen molar-refractivity contribution in [3.8, 4) is 0 Å². The molecule has 1 unspecified atom stereocenters. The summed E-state index contributed by atoms with van der Waals surface area (Å²) in [5.41, 5.74) is -1.56. The van der Waals surface area contributed by atoms with E-state index in [9.17, 15) is 22.8 Å². The van der Waals surface area contributed by atoms with Crippen molar-refractivity contribution in [2.75, 3.05) is 13.3 Å². The molecule has 0 saturated carbocycles. The highest BCUT2D eigenvalue weighted by atomic mass is 31.3. The summed E-state index contributed by atoms with van der Waals surface area (Å²) >= 11 is 0. The molecular formula is C10H18F2O7P2. The third-order valence-corrected chi connectivity index (χ3v) is 4.71. The van der Waals surface area contributed by atoms with Crippen LogP contribution in [0.2, 0.25) is 0 Å². The van der Waals surface area contributed by atoms with Crippen molar-refractivity contribution in [2.45, 2.75) is 25.4 Å². The Hall–Kier alpha value is -0.400. The molecule has 21 heavy (non-hydrogen) atoms. The van der Waals surface area contributed by atoms with E-state index in [1.165, 1.54) is 13.0 Å². The van der Waals surface area contributed by atoms with Crippen LogP contribution in [0, 0.1) is 0 Å². The molecule has 0 rings (SSSR count). The largest absolute Gasteiger partial charge is 0.481 e. The topological polar surface area (TPSA) is 113 Å². The van der Waals surface area contributed by atoms with Gasteiger partial charge in [-0.05, 0) is 25.3 Å². The third kappa shape index (κ3) is 9.26. The van der Waals surface area contributed by atoms with Gasteiger partial charge in [-0.15, -0.1) is 6.58 Å². The lowest BCUT2D eigenvalue weighted by Gasteiger charge is -2.27. The van der Waals surface area contributed by atoms with Crippen molar-refractivity contribution >= 4 is 15.6 Å². The van der Waals surface area contributed by atoms with Gasteiger partial charge in [0.1, 0.15) is 13.3 Å². The summed E-state index contributed by atoms with van der Waals surface area (Å²) in [6.07, 6.45) is 2.48. The first-order chi connectivity index (χ1) is 9.47. The summed E-state index contributed by atoms with van der Waals surface area (Å²) in [4.78, 5) is 26.2. The molecule has 3 N–H and O–H groups in total. The molecule has 0 saturated heterocycles. The van der Waals surface area contributed by atoms with E-state index in [1.54, 1.807) is 0 Å². The second kappa shape index (κ2) is 8.29. The van der Waals surface area contributed by atoms with Gasteiger partial charge in [-0.3, -0.25) is 4.52 Å². The van der Waals surface area contributed by atoms with Gasteiger partial charge in [0, 0.05) is 0 Å². The van der Waals surface area contributed by atoms with Crippen molar-refractivity contribution < 1.29 is 41.4 Å². The van der Waals surface area contributed by atoms with Crippen molar-refractivity contribution in [3.63, 3.8) is 0 Å². The van der Waals surface area contributed by atoms with E-state index in [2.05, 4.69) is 15.4 Å². The SMILES string of the molecule is C=C[C@@](C)(CCC=C(CF)CF)OP(=O)(O)OP(=O)(O)O. The number of hydrogen-bond acceptors (Lipinski definition) is 4. The predicted molar refractivity (Wildman–Crippen MR) is 71.9 cm³/mol. The smallest absolute Gasteiger partial charge is 0.302 e. The lowest BCUT2D eigenvalue weighted by molar-refractivity contribution is 0.0803. The first-order valence-corrected chi connectivity index (χ1v) is 8.73. The molecule has 0 amide bonds. The van der Waals surface area contributed by atoms with E-state index >= 15 is 0 Å². The van der Waals surface area contributed by atoms with Crippen molar-refractivity contribution in [1.82, 2.24) is 0 Å². The Morgan fingerprint density at radius 1 is 1.29 bits per heavy atom. The molecule has 0 heterocycles. The zero-order chi connectivity index (χ0) is 16.7. The molecule has 0 spiro atoms. The summed E-state index contributed by atoms with van der Waals surface area (Å²) in [6.45, 7) is 2.77. The second-order valence-electron chi connectivity index (χ2n) is 4.32. The number of alkyl halides is 2. The minimum atomic E-state index is -5.22. The highest BCUT2D eigenvalue weighted by molar-refractivity contribution is 7.60. The average molecular weight is 350 g/mol. The van der Waals surface area contributed by atoms with E-state index in [0.29, 0.717) is 0 Å². The Bertz CT molecular complexity index is 470. The maximum Gasteiger partial charge on any atom is 0.481 e. The zero-order valence-corrected chi connectivity index (χ0v) is 13.1. The summed E-state index contributed by atoms with van der Waals surface area (Å²) in [7, 11) is -10.3. The van der Waals surface area contributed by atoms with Gasteiger partial charge in [0.25, 0.3) is 0 Å². The number of hydrogen-bond donors (Lipinski definition) is 3. The van der Waals surface area contributed by atoms with Crippen molar-refractivity contribution in [3.05, 3.63) is 24.3 Å². The molecule has 0 aromatic heterocycles. The zero-order valence-electron chi connectivity index (χ0n) is 11.3. The normalized spacial score (nSPS) is 17.6. The lowest BCUT2D eigenvalue weighted by Crippen LogP contribution is -2.24. The molecule has 7 nitrogen and oxygen atoms in total. The van der Waals surface area contributed by atoms with Gasteiger partial charge in [0.05, 0.1) is 5.60 Å². The van der Waals surface area contributed by atoms with Crippen molar-refractivity contribution in [1.29, 1.82) is 0 Å². The van der Waals surface area contributed by atoms with Crippen LogP contribution < -0.4 is 0 Å². The molecule has 0 aromatic carbocycles. The molecule has 0 bridgehead atoms. The fourth-order valence-corrected chi connectivity index (χ4v) is 3.21. The monoisotopic (exact) mass is 350 g/mol. The molecule has 0 aliphatic heterocycles. The van der Waals surface area contributed by atoms with Crippen LogP contribution in [-0.2, 0) is 18.0 Å². The van der Waals surface area contributed by atoms with Gasteiger partial charge in [0.2, 0.25) is 0 Å². The second-order valence-corrected chi connectivity index (χ2v) is 7.07. The molecular weight excluding hydrogens is 332 g/mol. The Labute approximate surface area is 121 Å². The van der Waals surface area contributed by atoms with E-state index in [0.717, 1.165) is 6.08 Å². The summed E-state index contributed by atoms with van der Waals surface area (Å²) < 4.78 is 54.9. The van der Waals surface area contributed by atoms with E-state index in [4.69, 9.17) is 9.79 Å².